The van der Waals surface area contributed by atoms with Crippen molar-refractivity contribution in [2.75, 3.05) is 16.8 Å². The molecule has 2 heterocycles. The lowest BCUT2D eigenvalue weighted by Crippen LogP contribution is -2.56. The Labute approximate surface area is 196 Å². The van der Waals surface area contributed by atoms with Crippen molar-refractivity contribution >= 4 is 36.1 Å². The molecule has 2 aromatic rings. The van der Waals surface area contributed by atoms with E-state index in [1.165, 1.54) is 30.1 Å². The average molecular weight is 495 g/mol. The van der Waals surface area contributed by atoms with Crippen molar-refractivity contribution in [3.63, 3.8) is 0 Å². The molecule has 1 atom stereocenters. The number of halogens is 4. The van der Waals surface area contributed by atoms with Crippen LogP contribution in [0, 0.1) is 17.1 Å². The van der Waals surface area contributed by atoms with Gasteiger partial charge in [-0.2, -0.15) is 18.4 Å². The first-order chi connectivity index (χ1) is 16.1. The van der Waals surface area contributed by atoms with Gasteiger partial charge in [0, 0.05) is 12.7 Å². The summed E-state index contributed by atoms with van der Waals surface area (Å²) in [6.45, 7) is 0. The molecular formula is C21H17F4N5O3S. The standard InChI is InChI=1S/C21H17F4N5O3S/c1-27-17(31)13-4-3-11(8-15(13)22)30-19(33-34)29(18(32)20(30)5-2-6-20)12-7-14(21(23,24)25)16(9-26)28-10-12/h3-4,7-8,10,19,34H,2,5-6H2,1H3,(H,27,31). The number of alkyl halides is 3. The van der Waals surface area contributed by atoms with Gasteiger partial charge < -0.3 is 10.2 Å². The molecule has 1 saturated carbocycles. The zero-order valence-electron chi connectivity index (χ0n) is 17.6. The zero-order valence-corrected chi connectivity index (χ0v) is 18.5. The lowest BCUT2D eigenvalue weighted by atomic mass is 9.75. The maximum Gasteiger partial charge on any atom is 0.419 e. The van der Waals surface area contributed by atoms with Gasteiger partial charge in [-0.3, -0.25) is 18.7 Å². The van der Waals surface area contributed by atoms with Gasteiger partial charge in [0.05, 0.1) is 23.0 Å². The van der Waals surface area contributed by atoms with Gasteiger partial charge in [-0.25, -0.2) is 9.37 Å². The van der Waals surface area contributed by atoms with E-state index in [1.807, 2.05) is 0 Å². The lowest BCUT2D eigenvalue weighted by Gasteiger charge is -2.44. The molecule has 2 amide bonds. The van der Waals surface area contributed by atoms with Crippen LogP contribution in [0.15, 0.2) is 30.5 Å². The highest BCUT2D eigenvalue weighted by molar-refractivity contribution is 7.75. The monoisotopic (exact) mass is 495 g/mol. The van der Waals surface area contributed by atoms with E-state index in [1.54, 1.807) is 0 Å². The molecule has 1 aromatic carbocycles. The highest BCUT2D eigenvalue weighted by Gasteiger charge is 2.62. The average Bonchev–Trinajstić information content (AvgIpc) is 3.06. The highest BCUT2D eigenvalue weighted by Crippen LogP contribution is 2.50. The first kappa shape index (κ1) is 23.8. The molecule has 1 aliphatic carbocycles. The van der Waals surface area contributed by atoms with E-state index in [2.05, 4.69) is 23.2 Å². The number of nitrogens with zero attached hydrogens (tertiary/aromatic N) is 4. The predicted molar refractivity (Wildman–Crippen MR) is 114 cm³/mol. The van der Waals surface area contributed by atoms with Gasteiger partial charge in [0.1, 0.15) is 17.4 Å². The Morgan fingerprint density at radius 3 is 2.53 bits per heavy atom. The molecule has 1 saturated heterocycles. The first-order valence-corrected chi connectivity index (χ1v) is 10.4. The number of nitriles is 1. The summed E-state index contributed by atoms with van der Waals surface area (Å²) in [7, 11) is 1.35. The van der Waals surface area contributed by atoms with Gasteiger partial charge in [0.25, 0.3) is 11.8 Å². The van der Waals surface area contributed by atoms with Crippen molar-refractivity contribution in [3.8, 4) is 6.07 Å². The summed E-state index contributed by atoms with van der Waals surface area (Å²) in [5.41, 5.74) is -3.65. The molecule has 0 bridgehead atoms. The van der Waals surface area contributed by atoms with Crippen LogP contribution in [0.5, 0.6) is 0 Å². The van der Waals surface area contributed by atoms with Crippen LogP contribution < -0.4 is 15.1 Å². The molecule has 1 spiro atoms. The van der Waals surface area contributed by atoms with E-state index in [-0.39, 0.29) is 16.9 Å². The third kappa shape index (κ3) is 3.54. The largest absolute Gasteiger partial charge is 0.419 e. The summed E-state index contributed by atoms with van der Waals surface area (Å²) >= 11 is 3.84. The maximum atomic E-state index is 14.7. The number of hydrogen-bond acceptors (Lipinski definition) is 7. The Bertz CT molecular complexity index is 1210. The van der Waals surface area contributed by atoms with Crippen LogP contribution in [0.25, 0.3) is 0 Å². The quantitative estimate of drug-likeness (QED) is 0.383. The van der Waals surface area contributed by atoms with Crippen molar-refractivity contribution in [2.45, 2.75) is 37.3 Å². The number of anilines is 2. The minimum Gasteiger partial charge on any atom is -0.355 e. The number of pyridine rings is 1. The molecule has 178 valence electrons. The van der Waals surface area contributed by atoms with Crippen LogP contribution in [0.2, 0.25) is 0 Å². The van der Waals surface area contributed by atoms with Crippen LogP contribution in [-0.2, 0) is 15.2 Å². The second-order valence-corrected chi connectivity index (χ2v) is 8.02. The van der Waals surface area contributed by atoms with Crippen LogP contribution in [0.3, 0.4) is 0 Å². The van der Waals surface area contributed by atoms with Crippen molar-refractivity contribution in [1.82, 2.24) is 10.3 Å². The Morgan fingerprint density at radius 1 is 1.32 bits per heavy atom. The first-order valence-electron chi connectivity index (χ1n) is 10.0. The second-order valence-electron chi connectivity index (χ2n) is 7.80. The van der Waals surface area contributed by atoms with Crippen LogP contribution in [0.4, 0.5) is 28.9 Å². The summed E-state index contributed by atoms with van der Waals surface area (Å²) in [4.78, 5) is 31.3. The number of benzene rings is 1. The molecule has 1 aromatic heterocycles. The molecule has 8 nitrogen and oxygen atoms in total. The van der Waals surface area contributed by atoms with Gasteiger partial charge in [0.2, 0.25) is 6.35 Å². The zero-order chi connectivity index (χ0) is 24.8. The van der Waals surface area contributed by atoms with E-state index in [9.17, 15) is 27.2 Å². The summed E-state index contributed by atoms with van der Waals surface area (Å²) in [6, 6.07) is 5.75. The van der Waals surface area contributed by atoms with E-state index >= 15 is 0 Å². The number of thiol groups is 1. The van der Waals surface area contributed by atoms with Crippen molar-refractivity contribution < 1.29 is 31.3 Å². The fraction of sp³-hybridized carbons (Fsp3) is 0.333. The topological polar surface area (TPSA) is 98.6 Å². The molecule has 1 unspecified atom stereocenters. The number of carbonyl (C=O) groups is 2. The number of rotatable bonds is 4. The molecule has 0 radical (unpaired) electrons. The van der Waals surface area contributed by atoms with E-state index in [0.29, 0.717) is 25.3 Å². The van der Waals surface area contributed by atoms with Gasteiger partial charge in [-0.05, 0) is 56.4 Å². The second kappa shape index (κ2) is 8.44. The molecule has 1 N–H and O–H groups in total. The third-order valence-corrected chi connectivity index (χ3v) is 6.25. The smallest absolute Gasteiger partial charge is 0.355 e. The predicted octanol–water partition coefficient (Wildman–Crippen LogP) is 3.39. The molecule has 34 heavy (non-hydrogen) atoms. The van der Waals surface area contributed by atoms with E-state index in [4.69, 9.17) is 9.44 Å². The van der Waals surface area contributed by atoms with Crippen LogP contribution >= 0.6 is 12.9 Å². The molecule has 13 heteroatoms. The maximum absolute atomic E-state index is 14.7. The minimum atomic E-state index is -4.89. The molecule has 2 fully saturated rings. The van der Waals surface area contributed by atoms with E-state index in [0.717, 1.165) is 17.2 Å². The highest BCUT2D eigenvalue weighted by atomic mass is 32.1. The van der Waals surface area contributed by atoms with Gasteiger partial charge in [0.15, 0.2) is 5.69 Å². The Hall–Kier alpha value is -3.37. The van der Waals surface area contributed by atoms with E-state index < -0.39 is 47.0 Å². The molecule has 1 aliphatic heterocycles. The number of hydrogen-bond donors (Lipinski definition) is 2. The van der Waals surface area contributed by atoms with Crippen molar-refractivity contribution in [3.05, 3.63) is 53.1 Å². The number of nitrogens with one attached hydrogen (secondary N) is 1. The Kier molecular flexibility index (Phi) is 5.91. The number of amides is 2. The van der Waals surface area contributed by atoms with Crippen molar-refractivity contribution in [2.24, 2.45) is 0 Å². The van der Waals surface area contributed by atoms with Crippen LogP contribution in [0.1, 0.15) is 40.9 Å². The fourth-order valence-electron chi connectivity index (χ4n) is 4.30. The Morgan fingerprint density at radius 2 is 2.03 bits per heavy atom. The number of carbonyl (C=O) groups excluding carboxylic acids is 2. The summed E-state index contributed by atoms with van der Waals surface area (Å²) in [6.07, 6.45) is -3.95. The number of aromatic nitrogens is 1. The lowest BCUT2D eigenvalue weighted by molar-refractivity contribution is -0.138. The van der Waals surface area contributed by atoms with Gasteiger partial charge in [-0.1, -0.05) is 0 Å². The normalized spacial score (nSPS) is 19.2. The molecule has 2 aliphatic rings. The summed E-state index contributed by atoms with van der Waals surface area (Å²) < 4.78 is 60.4. The SMILES string of the molecule is CNC(=O)c1ccc(N2C(OS)N(c3cnc(C#N)c(C(F)(F)F)c3)C(=O)C23CCC3)cc1F. The molecule has 4 rings (SSSR count). The third-order valence-electron chi connectivity index (χ3n) is 6.06. The molecular weight excluding hydrogens is 478 g/mol. The van der Waals surface area contributed by atoms with Crippen LogP contribution in [-0.4, -0.2) is 35.7 Å². The fourth-order valence-corrected chi connectivity index (χ4v) is 4.49. The summed E-state index contributed by atoms with van der Waals surface area (Å²) in [5, 5.41) is 11.3. The minimum absolute atomic E-state index is 0.178. The van der Waals surface area contributed by atoms with Crippen molar-refractivity contribution in [1.29, 1.82) is 5.26 Å². The Balaban J connectivity index is 1.83. The van der Waals surface area contributed by atoms with Gasteiger partial charge in [-0.15, -0.1) is 0 Å². The van der Waals surface area contributed by atoms with Gasteiger partial charge >= 0.3 is 6.18 Å². The summed E-state index contributed by atoms with van der Waals surface area (Å²) in [5.74, 6) is -2.07.